The first-order valence-electron chi connectivity index (χ1n) is 10.1. The van der Waals surface area contributed by atoms with E-state index in [-0.39, 0.29) is 23.5 Å². The average Bonchev–Trinajstić information content (AvgIpc) is 2.53. The maximum absolute atomic E-state index is 11.1. The fraction of sp³-hybridized carbons (Fsp3) is 1.00. The van der Waals surface area contributed by atoms with Crippen molar-refractivity contribution in [3.63, 3.8) is 0 Å². The van der Waals surface area contributed by atoms with Crippen molar-refractivity contribution < 1.29 is 9.84 Å². The van der Waals surface area contributed by atoms with Crippen LogP contribution in [0.1, 0.15) is 68.2 Å². The maximum Gasteiger partial charge on any atom is 0.0672 e. The summed E-state index contributed by atoms with van der Waals surface area (Å²) >= 11 is 0. The Morgan fingerprint density at radius 2 is 1.36 bits per heavy atom. The SMILES string of the molecule is COC(C)CC(C)C(C)(O)C(C)CC(C)N1CCN(C(C)(C)C)CC1. The summed E-state index contributed by atoms with van der Waals surface area (Å²) < 4.78 is 5.39. The summed E-state index contributed by atoms with van der Waals surface area (Å²) in [5.74, 6) is 0.490. The molecule has 0 aliphatic carbocycles. The first kappa shape index (κ1) is 22.9. The molecular formula is C21H44N2O2. The Kier molecular flexibility index (Phi) is 8.39. The molecule has 0 radical (unpaired) electrons. The Morgan fingerprint density at radius 1 is 0.880 bits per heavy atom. The number of aliphatic hydroxyl groups is 1. The Bertz CT molecular complexity index is 384. The van der Waals surface area contributed by atoms with Gasteiger partial charge in [-0.05, 0) is 66.2 Å². The van der Waals surface area contributed by atoms with Gasteiger partial charge < -0.3 is 9.84 Å². The number of methoxy groups -OCH3 is 1. The van der Waals surface area contributed by atoms with Crippen LogP contribution in [0.4, 0.5) is 0 Å². The molecule has 1 heterocycles. The summed E-state index contributed by atoms with van der Waals surface area (Å²) in [6.07, 6.45) is 2.12. The Labute approximate surface area is 156 Å². The minimum Gasteiger partial charge on any atom is -0.390 e. The molecule has 0 aromatic rings. The van der Waals surface area contributed by atoms with Crippen molar-refractivity contribution in [1.29, 1.82) is 0 Å². The number of hydrogen-bond donors (Lipinski definition) is 1. The van der Waals surface area contributed by atoms with E-state index in [0.29, 0.717) is 6.04 Å². The molecule has 0 aromatic carbocycles. The number of nitrogens with zero attached hydrogens (tertiary/aromatic N) is 2. The molecule has 1 aliphatic heterocycles. The van der Waals surface area contributed by atoms with E-state index in [1.165, 1.54) is 0 Å². The van der Waals surface area contributed by atoms with Gasteiger partial charge in [0.05, 0.1) is 11.7 Å². The van der Waals surface area contributed by atoms with E-state index in [2.05, 4.69) is 58.3 Å². The lowest BCUT2D eigenvalue weighted by Crippen LogP contribution is -2.55. The van der Waals surface area contributed by atoms with E-state index in [1.54, 1.807) is 7.11 Å². The zero-order chi connectivity index (χ0) is 19.4. The molecule has 1 rings (SSSR count). The van der Waals surface area contributed by atoms with E-state index < -0.39 is 5.60 Å². The van der Waals surface area contributed by atoms with E-state index in [9.17, 15) is 5.11 Å². The lowest BCUT2D eigenvalue weighted by Gasteiger charge is -2.45. The van der Waals surface area contributed by atoms with Crippen molar-refractivity contribution in [2.75, 3.05) is 33.3 Å². The summed E-state index contributed by atoms with van der Waals surface area (Å²) in [5, 5.41) is 11.1. The molecule has 0 saturated carbocycles. The third kappa shape index (κ3) is 6.50. The molecule has 1 aliphatic rings. The first-order chi connectivity index (χ1) is 11.4. The van der Waals surface area contributed by atoms with Crippen LogP contribution in [0.25, 0.3) is 0 Å². The summed E-state index contributed by atoms with van der Waals surface area (Å²) in [6.45, 7) is 22.2. The maximum atomic E-state index is 11.1. The molecule has 1 fully saturated rings. The predicted molar refractivity (Wildman–Crippen MR) is 107 cm³/mol. The quantitative estimate of drug-likeness (QED) is 0.720. The molecule has 150 valence electrons. The molecule has 0 amide bonds. The van der Waals surface area contributed by atoms with Crippen molar-refractivity contribution in [2.24, 2.45) is 11.8 Å². The fourth-order valence-corrected chi connectivity index (χ4v) is 4.05. The van der Waals surface area contributed by atoms with Gasteiger partial charge in [0, 0.05) is 44.9 Å². The van der Waals surface area contributed by atoms with Crippen LogP contribution >= 0.6 is 0 Å². The molecule has 1 saturated heterocycles. The average molecular weight is 357 g/mol. The highest BCUT2D eigenvalue weighted by atomic mass is 16.5. The number of hydrogen-bond acceptors (Lipinski definition) is 4. The van der Waals surface area contributed by atoms with Gasteiger partial charge in [-0.15, -0.1) is 0 Å². The van der Waals surface area contributed by atoms with Crippen LogP contribution in [-0.4, -0.2) is 71.5 Å². The van der Waals surface area contributed by atoms with Crippen LogP contribution in [0.3, 0.4) is 0 Å². The van der Waals surface area contributed by atoms with E-state index in [1.807, 2.05) is 6.92 Å². The smallest absolute Gasteiger partial charge is 0.0672 e. The zero-order valence-electron chi connectivity index (χ0n) is 18.3. The second-order valence-corrected chi connectivity index (χ2v) is 9.59. The van der Waals surface area contributed by atoms with Crippen molar-refractivity contribution in [3.05, 3.63) is 0 Å². The Morgan fingerprint density at radius 3 is 1.80 bits per heavy atom. The summed E-state index contributed by atoms with van der Waals surface area (Å²) in [7, 11) is 1.74. The first-order valence-corrected chi connectivity index (χ1v) is 10.1. The Hall–Kier alpha value is -0.160. The van der Waals surface area contributed by atoms with Gasteiger partial charge in [0.1, 0.15) is 0 Å². The molecule has 0 aromatic heterocycles. The van der Waals surface area contributed by atoms with Crippen molar-refractivity contribution in [1.82, 2.24) is 9.80 Å². The van der Waals surface area contributed by atoms with E-state index >= 15 is 0 Å². The number of rotatable bonds is 8. The number of piperazine rings is 1. The van der Waals surface area contributed by atoms with Gasteiger partial charge in [-0.1, -0.05) is 13.8 Å². The topological polar surface area (TPSA) is 35.9 Å². The molecule has 5 unspecified atom stereocenters. The normalized spacial score (nSPS) is 25.2. The van der Waals surface area contributed by atoms with Crippen LogP contribution < -0.4 is 0 Å². The molecule has 25 heavy (non-hydrogen) atoms. The second kappa shape index (κ2) is 9.16. The second-order valence-electron chi connectivity index (χ2n) is 9.59. The standard InChI is InChI=1S/C21H44N2O2/c1-16(21(8,24)17(2)15-19(4)25-9)14-18(3)22-10-12-23(13-11-22)20(5,6)7/h16-19,24H,10-15H2,1-9H3. The van der Waals surface area contributed by atoms with E-state index in [4.69, 9.17) is 4.74 Å². The Balaban J connectivity index is 2.54. The lowest BCUT2D eigenvalue weighted by molar-refractivity contribution is -0.0684. The molecule has 4 heteroatoms. The highest BCUT2D eigenvalue weighted by Gasteiger charge is 2.37. The van der Waals surface area contributed by atoms with Crippen LogP contribution in [0.5, 0.6) is 0 Å². The fourth-order valence-electron chi connectivity index (χ4n) is 4.05. The van der Waals surface area contributed by atoms with Crippen molar-refractivity contribution >= 4 is 0 Å². The van der Waals surface area contributed by atoms with Gasteiger partial charge in [-0.3, -0.25) is 9.80 Å². The summed E-state index contributed by atoms with van der Waals surface area (Å²) in [4.78, 5) is 5.17. The van der Waals surface area contributed by atoms with Crippen molar-refractivity contribution in [2.45, 2.75) is 91.5 Å². The molecule has 1 N–H and O–H groups in total. The van der Waals surface area contributed by atoms with Gasteiger partial charge >= 0.3 is 0 Å². The van der Waals surface area contributed by atoms with Gasteiger partial charge in [-0.2, -0.15) is 0 Å². The van der Waals surface area contributed by atoms with Gasteiger partial charge in [0.25, 0.3) is 0 Å². The minimum absolute atomic E-state index is 0.191. The monoisotopic (exact) mass is 356 g/mol. The largest absolute Gasteiger partial charge is 0.390 e. The van der Waals surface area contributed by atoms with Gasteiger partial charge in [0.15, 0.2) is 0 Å². The van der Waals surface area contributed by atoms with Crippen LogP contribution in [0.2, 0.25) is 0 Å². The molecule has 4 nitrogen and oxygen atoms in total. The van der Waals surface area contributed by atoms with Crippen LogP contribution in [0, 0.1) is 11.8 Å². The summed E-state index contributed by atoms with van der Waals surface area (Å²) in [5.41, 5.74) is -0.395. The molecule has 0 bridgehead atoms. The minimum atomic E-state index is -0.658. The molecule has 5 atom stereocenters. The van der Waals surface area contributed by atoms with E-state index in [0.717, 1.165) is 39.0 Å². The predicted octanol–water partition coefficient (Wildman–Crippen LogP) is 3.63. The van der Waals surface area contributed by atoms with Crippen LogP contribution in [-0.2, 0) is 4.74 Å². The highest BCUT2D eigenvalue weighted by molar-refractivity contribution is 4.89. The van der Waals surface area contributed by atoms with Crippen molar-refractivity contribution in [3.8, 4) is 0 Å². The van der Waals surface area contributed by atoms with Crippen LogP contribution in [0.15, 0.2) is 0 Å². The third-order valence-electron chi connectivity index (χ3n) is 6.66. The lowest BCUT2D eigenvalue weighted by atomic mass is 9.75. The van der Waals surface area contributed by atoms with Gasteiger partial charge in [-0.25, -0.2) is 0 Å². The molecule has 0 spiro atoms. The third-order valence-corrected chi connectivity index (χ3v) is 6.66. The summed E-state index contributed by atoms with van der Waals surface area (Å²) in [6, 6.07) is 0.510. The highest BCUT2D eigenvalue weighted by Crippen LogP contribution is 2.33. The van der Waals surface area contributed by atoms with Gasteiger partial charge in [0.2, 0.25) is 0 Å². The zero-order valence-corrected chi connectivity index (χ0v) is 18.3. The molecular weight excluding hydrogens is 312 g/mol. The number of ether oxygens (including phenoxy) is 1.